The fraction of sp³-hybridized carbons (Fsp3) is 0.571. The second-order valence-corrected chi connectivity index (χ2v) is 1.54. The lowest BCUT2D eigenvalue weighted by Gasteiger charge is -1.96. The first kappa shape index (κ1) is 7.70. The van der Waals surface area contributed by atoms with E-state index in [0.29, 0.717) is 0 Å². The summed E-state index contributed by atoms with van der Waals surface area (Å²) in [7, 11) is 0. The van der Waals surface area contributed by atoms with Gasteiger partial charge in [-0.05, 0) is 12.8 Å². The highest BCUT2D eigenvalue weighted by atomic mass is 16.5. The van der Waals surface area contributed by atoms with Crippen LogP contribution in [-0.4, -0.2) is 13.2 Å². The van der Waals surface area contributed by atoms with Crippen molar-refractivity contribution in [2.75, 3.05) is 13.2 Å². The van der Waals surface area contributed by atoms with Gasteiger partial charge in [0.1, 0.15) is 0 Å². The van der Waals surface area contributed by atoms with E-state index in [-0.39, 0.29) is 0 Å². The smallest absolute Gasteiger partial charge is 0.0500 e. The average molecular weight is 113 g/mol. The van der Waals surface area contributed by atoms with E-state index < -0.39 is 0 Å². The van der Waals surface area contributed by atoms with Crippen LogP contribution >= 0.6 is 0 Å². The molecule has 0 fully saturated rings. The summed E-state index contributed by atoms with van der Waals surface area (Å²) >= 11 is 0. The molecule has 0 aromatic heterocycles. The number of hydrogen-bond donors (Lipinski definition) is 0. The van der Waals surface area contributed by atoms with Crippen molar-refractivity contribution in [1.29, 1.82) is 0 Å². The van der Waals surface area contributed by atoms with E-state index in [4.69, 9.17) is 4.74 Å². The van der Waals surface area contributed by atoms with Gasteiger partial charge in [0.2, 0.25) is 0 Å². The standard InChI is InChI=1S/C7H13O/c1-3-5-7-8-6-4-2/h3H,1-2,4-7H2. The Morgan fingerprint density at radius 1 is 1.38 bits per heavy atom. The van der Waals surface area contributed by atoms with Crippen molar-refractivity contribution in [3.05, 3.63) is 19.6 Å². The molecule has 1 nitrogen and oxygen atoms in total. The molecule has 0 aliphatic heterocycles. The van der Waals surface area contributed by atoms with Crippen LogP contribution in [0.1, 0.15) is 12.8 Å². The molecular weight excluding hydrogens is 100 g/mol. The average Bonchev–Trinajstić information content (AvgIpc) is 1.81. The van der Waals surface area contributed by atoms with Crippen LogP contribution in [0.15, 0.2) is 12.7 Å². The van der Waals surface area contributed by atoms with E-state index in [1.54, 1.807) is 0 Å². The Morgan fingerprint density at radius 3 is 2.62 bits per heavy atom. The minimum atomic E-state index is 0.772. The zero-order chi connectivity index (χ0) is 6.24. The molecule has 0 saturated carbocycles. The Labute approximate surface area is 51.4 Å². The van der Waals surface area contributed by atoms with Gasteiger partial charge < -0.3 is 4.74 Å². The lowest BCUT2D eigenvalue weighted by molar-refractivity contribution is 0.143. The predicted molar refractivity (Wildman–Crippen MR) is 35.6 cm³/mol. The van der Waals surface area contributed by atoms with Gasteiger partial charge in [-0.15, -0.1) is 6.58 Å². The lowest BCUT2D eigenvalue weighted by atomic mass is 10.4. The van der Waals surface area contributed by atoms with Crippen molar-refractivity contribution in [2.24, 2.45) is 0 Å². The molecule has 0 rings (SSSR count). The molecule has 0 unspecified atom stereocenters. The van der Waals surface area contributed by atoms with Gasteiger partial charge in [-0.2, -0.15) is 0 Å². The number of ether oxygens (including phenoxy) is 1. The molecule has 0 spiro atoms. The first-order valence-electron chi connectivity index (χ1n) is 2.89. The van der Waals surface area contributed by atoms with Crippen LogP contribution in [0, 0.1) is 6.92 Å². The van der Waals surface area contributed by atoms with Gasteiger partial charge in [-0.1, -0.05) is 13.0 Å². The highest BCUT2D eigenvalue weighted by Crippen LogP contribution is 1.83. The van der Waals surface area contributed by atoms with Crippen molar-refractivity contribution < 1.29 is 4.74 Å². The number of hydrogen-bond acceptors (Lipinski definition) is 1. The summed E-state index contributed by atoms with van der Waals surface area (Å²) in [6.07, 6.45) is 3.65. The normalized spacial score (nSPS) is 9.12. The van der Waals surface area contributed by atoms with Crippen LogP contribution in [-0.2, 0) is 4.74 Å². The maximum Gasteiger partial charge on any atom is 0.0500 e. The molecule has 0 saturated heterocycles. The summed E-state index contributed by atoms with van der Waals surface area (Å²) < 4.78 is 5.09. The Balaban J connectivity index is 2.62. The molecule has 47 valence electrons. The van der Waals surface area contributed by atoms with Crippen LogP contribution in [0.2, 0.25) is 0 Å². The molecule has 1 radical (unpaired) electrons. The van der Waals surface area contributed by atoms with Gasteiger partial charge in [0, 0.05) is 13.2 Å². The molecule has 0 aliphatic carbocycles. The maximum atomic E-state index is 5.09. The fourth-order valence-electron chi connectivity index (χ4n) is 0.371. The summed E-state index contributed by atoms with van der Waals surface area (Å²) in [6.45, 7) is 8.76. The molecule has 0 aliphatic rings. The minimum Gasteiger partial charge on any atom is -0.381 e. The van der Waals surface area contributed by atoms with E-state index in [1.807, 2.05) is 6.08 Å². The van der Waals surface area contributed by atoms with E-state index >= 15 is 0 Å². The molecular formula is C7H13O. The van der Waals surface area contributed by atoms with E-state index in [1.165, 1.54) is 0 Å². The fourth-order valence-corrected chi connectivity index (χ4v) is 0.371. The SMILES string of the molecule is [CH2]CCOCCC=C. The van der Waals surface area contributed by atoms with E-state index in [0.717, 1.165) is 26.1 Å². The van der Waals surface area contributed by atoms with Gasteiger partial charge in [-0.3, -0.25) is 0 Å². The van der Waals surface area contributed by atoms with Gasteiger partial charge in [0.25, 0.3) is 0 Å². The Kier molecular flexibility index (Phi) is 6.45. The van der Waals surface area contributed by atoms with Gasteiger partial charge in [-0.25, -0.2) is 0 Å². The van der Waals surface area contributed by atoms with Crippen LogP contribution in [0.25, 0.3) is 0 Å². The molecule has 0 N–H and O–H groups in total. The molecule has 0 amide bonds. The first-order valence-corrected chi connectivity index (χ1v) is 2.89. The van der Waals surface area contributed by atoms with Crippen LogP contribution in [0.4, 0.5) is 0 Å². The maximum absolute atomic E-state index is 5.09. The third kappa shape index (κ3) is 5.70. The third-order valence-electron chi connectivity index (χ3n) is 0.755. The summed E-state index contributed by atoms with van der Waals surface area (Å²) in [5.41, 5.74) is 0. The minimum absolute atomic E-state index is 0.772. The second-order valence-electron chi connectivity index (χ2n) is 1.54. The van der Waals surface area contributed by atoms with Crippen molar-refractivity contribution in [3.8, 4) is 0 Å². The summed E-state index contributed by atoms with van der Waals surface area (Å²) in [5.74, 6) is 0. The Morgan fingerprint density at radius 2 is 2.12 bits per heavy atom. The lowest BCUT2D eigenvalue weighted by Crippen LogP contribution is -1.93. The molecule has 8 heavy (non-hydrogen) atoms. The van der Waals surface area contributed by atoms with Crippen molar-refractivity contribution in [3.63, 3.8) is 0 Å². The monoisotopic (exact) mass is 113 g/mol. The second kappa shape index (κ2) is 6.70. The van der Waals surface area contributed by atoms with Crippen molar-refractivity contribution in [1.82, 2.24) is 0 Å². The topological polar surface area (TPSA) is 9.23 Å². The number of rotatable bonds is 5. The van der Waals surface area contributed by atoms with Crippen molar-refractivity contribution in [2.45, 2.75) is 12.8 Å². The summed E-state index contributed by atoms with van der Waals surface area (Å²) in [5, 5.41) is 0. The van der Waals surface area contributed by atoms with Gasteiger partial charge in [0.15, 0.2) is 0 Å². The van der Waals surface area contributed by atoms with Gasteiger partial charge in [0.05, 0.1) is 0 Å². The van der Waals surface area contributed by atoms with Crippen LogP contribution in [0.3, 0.4) is 0 Å². The molecule has 0 bridgehead atoms. The largest absolute Gasteiger partial charge is 0.381 e. The zero-order valence-electron chi connectivity index (χ0n) is 5.23. The quantitative estimate of drug-likeness (QED) is 0.390. The Hall–Kier alpha value is -0.300. The molecule has 1 heteroatoms. The summed E-state index contributed by atoms with van der Waals surface area (Å²) in [6, 6.07) is 0. The molecule has 0 aromatic carbocycles. The molecule has 0 atom stereocenters. The molecule has 0 aromatic rings. The van der Waals surface area contributed by atoms with E-state index in [2.05, 4.69) is 13.5 Å². The Bertz CT molecular complexity index is 50.3. The van der Waals surface area contributed by atoms with Gasteiger partial charge >= 0.3 is 0 Å². The highest BCUT2D eigenvalue weighted by molar-refractivity contribution is 4.64. The third-order valence-corrected chi connectivity index (χ3v) is 0.755. The van der Waals surface area contributed by atoms with Crippen LogP contribution in [0.5, 0.6) is 0 Å². The van der Waals surface area contributed by atoms with Crippen molar-refractivity contribution >= 4 is 0 Å². The highest BCUT2D eigenvalue weighted by Gasteiger charge is 1.79. The predicted octanol–water partition coefficient (Wildman–Crippen LogP) is 1.80. The first-order chi connectivity index (χ1) is 3.91. The van der Waals surface area contributed by atoms with E-state index in [9.17, 15) is 0 Å². The summed E-state index contributed by atoms with van der Waals surface area (Å²) in [4.78, 5) is 0. The molecule has 0 heterocycles. The zero-order valence-corrected chi connectivity index (χ0v) is 5.23. The van der Waals surface area contributed by atoms with Crippen LogP contribution < -0.4 is 0 Å².